The van der Waals surface area contributed by atoms with Crippen molar-refractivity contribution < 1.29 is 19.1 Å². The second-order valence-corrected chi connectivity index (χ2v) is 10.2. The number of Topliss-reactive ketones (excluding diaryl/α,β-unsaturated/α-hetero) is 1. The Morgan fingerprint density at radius 2 is 1.65 bits per heavy atom. The zero-order valence-corrected chi connectivity index (χ0v) is 23.5. The average molecular weight is 542 g/mol. The molecule has 1 aromatic heterocycles. The first-order valence-corrected chi connectivity index (χ1v) is 13.4. The van der Waals surface area contributed by atoms with Crippen LogP contribution in [0.5, 0.6) is 5.75 Å². The lowest BCUT2D eigenvalue weighted by molar-refractivity contribution is -0.128. The number of carbonyl (C=O) groups excluding carboxylic acids is 3. The Bertz CT molecular complexity index is 1510. The van der Waals surface area contributed by atoms with Crippen LogP contribution in [0.15, 0.2) is 72.8 Å². The summed E-state index contributed by atoms with van der Waals surface area (Å²) in [5.74, 6) is -0.332. The van der Waals surface area contributed by atoms with Gasteiger partial charge in [0.25, 0.3) is 0 Å². The van der Waals surface area contributed by atoms with Crippen molar-refractivity contribution >= 4 is 34.3 Å². The quantitative estimate of drug-likeness (QED) is 0.265. The van der Waals surface area contributed by atoms with Crippen LogP contribution in [0, 0.1) is 0 Å². The molecule has 0 aliphatic rings. The molecule has 0 spiro atoms. The molecular weight excluding hydrogens is 506 g/mol. The van der Waals surface area contributed by atoms with Gasteiger partial charge >= 0.3 is 0 Å². The highest BCUT2D eigenvalue weighted by Gasteiger charge is 2.37. The van der Waals surface area contributed by atoms with Crippen molar-refractivity contribution in [3.05, 3.63) is 83.9 Å². The third-order valence-electron chi connectivity index (χ3n) is 6.89. The van der Waals surface area contributed by atoms with E-state index in [1.807, 2.05) is 64.1 Å². The van der Waals surface area contributed by atoms with Crippen LogP contribution in [0.1, 0.15) is 63.0 Å². The number of nitrogens with zero attached hydrogens (tertiary/aromatic N) is 4. The van der Waals surface area contributed by atoms with Crippen molar-refractivity contribution in [2.75, 3.05) is 11.5 Å². The van der Waals surface area contributed by atoms with Crippen molar-refractivity contribution in [1.82, 2.24) is 20.3 Å². The molecule has 9 nitrogen and oxygen atoms in total. The highest BCUT2D eigenvalue weighted by molar-refractivity contribution is 6.02. The summed E-state index contributed by atoms with van der Waals surface area (Å²) >= 11 is 0. The van der Waals surface area contributed by atoms with Crippen LogP contribution in [-0.2, 0) is 16.1 Å². The maximum absolute atomic E-state index is 14.2. The van der Waals surface area contributed by atoms with Crippen LogP contribution < -0.4 is 15.0 Å². The van der Waals surface area contributed by atoms with Crippen LogP contribution in [0.25, 0.3) is 11.0 Å². The van der Waals surface area contributed by atoms with Gasteiger partial charge in [-0.3, -0.25) is 19.3 Å². The molecule has 0 aliphatic heterocycles. The number of benzene rings is 3. The summed E-state index contributed by atoms with van der Waals surface area (Å²) in [7, 11) is 0. The van der Waals surface area contributed by atoms with E-state index in [0.717, 1.165) is 0 Å². The first-order valence-electron chi connectivity index (χ1n) is 13.4. The smallest absolute Gasteiger partial charge is 0.249 e. The number of hydrogen-bond donors (Lipinski definition) is 1. The summed E-state index contributed by atoms with van der Waals surface area (Å²) in [4.78, 5) is 41.8. The number of ketones is 1. The van der Waals surface area contributed by atoms with E-state index >= 15 is 0 Å². The molecule has 9 heteroatoms. The minimum Gasteiger partial charge on any atom is -0.493 e. The lowest BCUT2D eigenvalue weighted by atomic mass is 9.97. The second-order valence-electron chi connectivity index (χ2n) is 10.2. The van der Waals surface area contributed by atoms with Crippen molar-refractivity contribution in [2.45, 2.75) is 59.2 Å². The summed E-state index contributed by atoms with van der Waals surface area (Å²) in [5, 5.41) is 11.5. The van der Waals surface area contributed by atoms with E-state index in [0.29, 0.717) is 46.6 Å². The van der Waals surface area contributed by atoms with Crippen LogP contribution in [0.3, 0.4) is 0 Å². The van der Waals surface area contributed by atoms with Gasteiger partial charge in [0.15, 0.2) is 5.78 Å². The molecule has 1 atom stereocenters. The Hall–Kier alpha value is -4.53. The van der Waals surface area contributed by atoms with Crippen LogP contribution in [0.4, 0.5) is 5.69 Å². The SMILES string of the molecule is CCOc1ccccc1C(C(=O)NC(C)(C)CC)N(C(=O)Cn1nnc2ccccc21)c1ccc(C(C)=O)cc1. The summed E-state index contributed by atoms with van der Waals surface area (Å²) in [5.41, 5.74) is 2.34. The Kier molecular flexibility index (Phi) is 8.62. The third-order valence-corrected chi connectivity index (χ3v) is 6.89. The van der Waals surface area contributed by atoms with Gasteiger partial charge in [-0.15, -0.1) is 5.10 Å². The van der Waals surface area contributed by atoms with Crippen molar-refractivity contribution in [3.63, 3.8) is 0 Å². The predicted molar refractivity (Wildman–Crippen MR) is 154 cm³/mol. The zero-order chi connectivity index (χ0) is 28.9. The van der Waals surface area contributed by atoms with Crippen molar-refractivity contribution in [2.24, 2.45) is 0 Å². The molecule has 4 rings (SSSR count). The number of ether oxygens (including phenoxy) is 1. The molecule has 0 fully saturated rings. The fraction of sp³-hybridized carbons (Fsp3) is 0.323. The molecular formula is C31H35N5O4. The van der Waals surface area contributed by atoms with Gasteiger partial charge in [0, 0.05) is 22.4 Å². The second kappa shape index (κ2) is 12.1. The highest BCUT2D eigenvalue weighted by atomic mass is 16.5. The van der Waals surface area contributed by atoms with E-state index in [1.165, 1.54) is 16.5 Å². The number of amides is 2. The fourth-order valence-electron chi connectivity index (χ4n) is 4.41. The Morgan fingerprint density at radius 1 is 0.975 bits per heavy atom. The Balaban J connectivity index is 1.88. The molecule has 208 valence electrons. The zero-order valence-electron chi connectivity index (χ0n) is 23.5. The van der Waals surface area contributed by atoms with E-state index in [9.17, 15) is 14.4 Å². The molecule has 0 bridgehead atoms. The van der Waals surface area contributed by atoms with Gasteiger partial charge in [0.05, 0.1) is 12.1 Å². The average Bonchev–Trinajstić information content (AvgIpc) is 3.34. The summed E-state index contributed by atoms with van der Waals surface area (Å²) < 4.78 is 7.44. The normalized spacial score (nSPS) is 12.1. The lowest BCUT2D eigenvalue weighted by Crippen LogP contribution is -2.51. The topological polar surface area (TPSA) is 106 Å². The monoisotopic (exact) mass is 541 g/mol. The van der Waals surface area contributed by atoms with Gasteiger partial charge in [-0.25, -0.2) is 4.68 Å². The van der Waals surface area contributed by atoms with Gasteiger partial charge < -0.3 is 10.1 Å². The summed E-state index contributed by atoms with van der Waals surface area (Å²) in [6, 6.07) is 20.2. The van der Waals surface area contributed by atoms with Crippen LogP contribution >= 0.6 is 0 Å². The van der Waals surface area contributed by atoms with Gasteiger partial charge in [-0.2, -0.15) is 0 Å². The van der Waals surface area contributed by atoms with Gasteiger partial charge in [0.1, 0.15) is 23.9 Å². The molecule has 3 aromatic carbocycles. The molecule has 0 radical (unpaired) electrons. The number of nitrogens with one attached hydrogen (secondary N) is 1. The molecule has 2 amide bonds. The highest BCUT2D eigenvalue weighted by Crippen LogP contribution is 2.35. The first kappa shape index (κ1) is 28.5. The Labute approximate surface area is 234 Å². The lowest BCUT2D eigenvalue weighted by Gasteiger charge is -2.35. The largest absolute Gasteiger partial charge is 0.493 e. The van der Waals surface area contributed by atoms with Crippen molar-refractivity contribution in [1.29, 1.82) is 0 Å². The number of fused-ring (bicyclic) bond motifs is 1. The van der Waals surface area contributed by atoms with Gasteiger partial charge in [0.2, 0.25) is 11.8 Å². The minimum absolute atomic E-state index is 0.0980. The fourth-order valence-corrected chi connectivity index (χ4v) is 4.41. The maximum Gasteiger partial charge on any atom is 0.249 e. The molecule has 1 heterocycles. The number of rotatable bonds is 11. The van der Waals surface area contributed by atoms with E-state index in [2.05, 4.69) is 15.6 Å². The van der Waals surface area contributed by atoms with Gasteiger partial charge in [-0.05, 0) is 76.6 Å². The molecule has 40 heavy (non-hydrogen) atoms. The predicted octanol–water partition coefficient (Wildman–Crippen LogP) is 5.11. The first-order chi connectivity index (χ1) is 19.1. The number of anilines is 1. The van der Waals surface area contributed by atoms with Gasteiger partial charge in [-0.1, -0.05) is 42.5 Å². The van der Waals surface area contributed by atoms with Crippen LogP contribution in [0.2, 0.25) is 0 Å². The molecule has 0 saturated carbocycles. The number of carbonyl (C=O) groups is 3. The summed E-state index contributed by atoms with van der Waals surface area (Å²) in [6.07, 6.45) is 0.685. The van der Waals surface area contributed by atoms with Crippen LogP contribution in [-0.4, -0.2) is 44.7 Å². The van der Waals surface area contributed by atoms with Crippen molar-refractivity contribution in [3.8, 4) is 5.75 Å². The molecule has 0 saturated heterocycles. The molecule has 0 aliphatic carbocycles. The van der Waals surface area contributed by atoms with E-state index in [-0.39, 0.29) is 24.1 Å². The number of hydrogen-bond acceptors (Lipinski definition) is 6. The molecule has 1 N–H and O–H groups in total. The Morgan fingerprint density at radius 3 is 2.33 bits per heavy atom. The van der Waals surface area contributed by atoms with E-state index < -0.39 is 11.6 Å². The molecule has 1 unspecified atom stereocenters. The summed E-state index contributed by atoms with van der Waals surface area (Å²) in [6.45, 7) is 9.44. The number of para-hydroxylation sites is 2. The number of aromatic nitrogens is 3. The third kappa shape index (κ3) is 6.20. The minimum atomic E-state index is -1.07. The molecule has 4 aromatic rings. The standard InChI is InChI=1S/C31H35N5O4/c1-6-31(4,5)32-30(39)29(24-12-8-11-15-27(24)40-7-2)36(23-18-16-22(17-19-23)21(3)37)28(38)20-35-26-14-10-9-13-25(26)33-34-35/h8-19,29H,6-7,20H2,1-5H3,(H,32,39). The van der Waals surface area contributed by atoms with E-state index in [1.54, 1.807) is 36.4 Å². The maximum atomic E-state index is 14.2. The van der Waals surface area contributed by atoms with E-state index in [4.69, 9.17) is 4.74 Å².